The van der Waals surface area contributed by atoms with Gasteiger partial charge in [-0.25, -0.2) is 9.59 Å². The summed E-state index contributed by atoms with van der Waals surface area (Å²) in [6.07, 6.45) is 1.20. The van der Waals surface area contributed by atoms with Crippen LogP contribution in [0.15, 0.2) is 39.9 Å². The molecule has 3 aromatic rings. The average molecular weight is 455 g/mol. The zero-order chi connectivity index (χ0) is 23.8. The Morgan fingerprint density at radius 2 is 1.97 bits per heavy atom. The first-order valence-corrected chi connectivity index (χ1v) is 11.1. The fourth-order valence-corrected chi connectivity index (χ4v) is 4.13. The smallest absolute Gasteiger partial charge is 0.407 e. The van der Waals surface area contributed by atoms with Crippen LogP contribution in [0, 0.1) is 0 Å². The number of carbonyl (C=O) groups is 1. The molecule has 1 aliphatic rings. The van der Waals surface area contributed by atoms with Gasteiger partial charge in [-0.1, -0.05) is 30.3 Å². The molecule has 10 heteroatoms. The van der Waals surface area contributed by atoms with Gasteiger partial charge in [0.2, 0.25) is 5.95 Å². The molecule has 1 fully saturated rings. The topological polar surface area (TPSA) is 114 Å². The van der Waals surface area contributed by atoms with E-state index in [1.165, 1.54) is 4.57 Å². The molecule has 4 rings (SSSR count). The van der Waals surface area contributed by atoms with Crippen molar-refractivity contribution in [3.8, 4) is 0 Å². The summed E-state index contributed by atoms with van der Waals surface area (Å²) in [5, 5.41) is 2.95. The highest BCUT2D eigenvalue weighted by atomic mass is 16.6. The van der Waals surface area contributed by atoms with E-state index in [0.717, 1.165) is 24.9 Å². The number of amides is 1. The summed E-state index contributed by atoms with van der Waals surface area (Å²) in [6.45, 7) is 7.14. The standard InChI is InChI=1S/C23H30N6O4/c1-23(2,3)33-22(32)24-16-11-8-12-28(14-16)20-25-18-17(19(30)26-21(31)27(18)4)29(20)13-15-9-6-5-7-10-15/h5-7,9-10,16H,8,11-14H2,1-4H3,(H,24,32)(H,26,30,31). The minimum Gasteiger partial charge on any atom is -0.444 e. The largest absolute Gasteiger partial charge is 0.444 e. The van der Waals surface area contributed by atoms with Crippen molar-refractivity contribution >= 4 is 23.2 Å². The first-order chi connectivity index (χ1) is 15.6. The summed E-state index contributed by atoms with van der Waals surface area (Å²) in [6, 6.07) is 9.65. The van der Waals surface area contributed by atoms with Gasteiger partial charge >= 0.3 is 11.8 Å². The number of piperidine rings is 1. The monoisotopic (exact) mass is 454 g/mol. The molecule has 10 nitrogen and oxygen atoms in total. The van der Waals surface area contributed by atoms with Crippen molar-refractivity contribution in [2.24, 2.45) is 7.05 Å². The van der Waals surface area contributed by atoms with E-state index in [9.17, 15) is 14.4 Å². The van der Waals surface area contributed by atoms with Gasteiger partial charge in [-0.05, 0) is 39.2 Å². The van der Waals surface area contributed by atoms with Crippen LogP contribution in [0.5, 0.6) is 0 Å². The molecule has 0 saturated carbocycles. The highest BCUT2D eigenvalue weighted by Gasteiger charge is 2.28. The second kappa shape index (κ2) is 8.76. The number of aryl methyl sites for hydroxylation is 1. The van der Waals surface area contributed by atoms with E-state index in [2.05, 4.69) is 15.2 Å². The quantitative estimate of drug-likeness (QED) is 0.623. The lowest BCUT2D eigenvalue weighted by Crippen LogP contribution is -2.49. The molecule has 0 radical (unpaired) electrons. The molecule has 1 atom stereocenters. The van der Waals surface area contributed by atoms with Crippen LogP contribution in [0.1, 0.15) is 39.2 Å². The van der Waals surface area contributed by atoms with Gasteiger partial charge in [0, 0.05) is 26.2 Å². The summed E-state index contributed by atoms with van der Waals surface area (Å²) in [5.41, 5.74) is 0.130. The van der Waals surface area contributed by atoms with Crippen molar-refractivity contribution in [2.45, 2.75) is 51.8 Å². The molecule has 1 amide bonds. The maximum absolute atomic E-state index is 12.8. The van der Waals surface area contributed by atoms with Gasteiger partial charge in [-0.3, -0.25) is 18.9 Å². The number of imidazole rings is 1. The van der Waals surface area contributed by atoms with Crippen molar-refractivity contribution in [3.05, 3.63) is 56.7 Å². The molecule has 2 aromatic heterocycles. The minimum absolute atomic E-state index is 0.124. The van der Waals surface area contributed by atoms with E-state index in [1.54, 1.807) is 7.05 Å². The van der Waals surface area contributed by atoms with Crippen LogP contribution in [-0.4, -0.2) is 49.9 Å². The lowest BCUT2D eigenvalue weighted by Gasteiger charge is -2.34. The molecule has 0 spiro atoms. The Balaban J connectivity index is 1.70. The summed E-state index contributed by atoms with van der Waals surface area (Å²) >= 11 is 0. The minimum atomic E-state index is -0.575. The van der Waals surface area contributed by atoms with Crippen LogP contribution >= 0.6 is 0 Å². The predicted octanol–water partition coefficient (Wildman–Crippen LogP) is 1.97. The van der Waals surface area contributed by atoms with Crippen LogP contribution in [0.4, 0.5) is 10.7 Å². The van der Waals surface area contributed by atoms with Gasteiger partial charge in [0.25, 0.3) is 5.56 Å². The molecule has 1 saturated heterocycles. The molecule has 3 heterocycles. The van der Waals surface area contributed by atoms with Crippen molar-refractivity contribution in [1.29, 1.82) is 0 Å². The number of aromatic nitrogens is 4. The SMILES string of the molecule is Cn1c(=O)[nH]c(=O)c2c1nc(N1CCCC(NC(=O)OC(C)(C)C)C1)n2Cc1ccccc1. The molecule has 1 aromatic carbocycles. The summed E-state index contributed by atoms with van der Waals surface area (Å²) in [5.74, 6) is 0.594. The second-order valence-corrected chi connectivity index (χ2v) is 9.41. The van der Waals surface area contributed by atoms with Crippen LogP contribution in [0.2, 0.25) is 0 Å². The number of hydrogen-bond acceptors (Lipinski definition) is 6. The van der Waals surface area contributed by atoms with Crippen molar-refractivity contribution < 1.29 is 9.53 Å². The van der Waals surface area contributed by atoms with Crippen molar-refractivity contribution in [3.63, 3.8) is 0 Å². The number of anilines is 1. The van der Waals surface area contributed by atoms with E-state index in [1.807, 2.05) is 55.7 Å². The number of nitrogens with one attached hydrogen (secondary N) is 2. The molecule has 1 unspecified atom stereocenters. The second-order valence-electron chi connectivity index (χ2n) is 9.41. The normalized spacial score (nSPS) is 16.7. The number of carbonyl (C=O) groups excluding carboxylic acids is 1. The third-order valence-corrected chi connectivity index (χ3v) is 5.60. The molecule has 1 aliphatic heterocycles. The Bertz CT molecular complexity index is 1270. The van der Waals surface area contributed by atoms with E-state index in [0.29, 0.717) is 30.2 Å². The van der Waals surface area contributed by atoms with E-state index in [-0.39, 0.29) is 6.04 Å². The molecular weight excluding hydrogens is 424 g/mol. The summed E-state index contributed by atoms with van der Waals surface area (Å²) < 4.78 is 8.60. The number of ether oxygens (including phenoxy) is 1. The number of aromatic amines is 1. The van der Waals surface area contributed by atoms with E-state index < -0.39 is 22.9 Å². The molecular formula is C23H30N6O4. The van der Waals surface area contributed by atoms with Crippen LogP contribution in [0.3, 0.4) is 0 Å². The highest BCUT2D eigenvalue weighted by Crippen LogP contribution is 2.24. The van der Waals surface area contributed by atoms with Crippen molar-refractivity contribution in [2.75, 3.05) is 18.0 Å². The van der Waals surface area contributed by atoms with Crippen LogP contribution in [0.25, 0.3) is 11.2 Å². The Morgan fingerprint density at radius 3 is 2.67 bits per heavy atom. The Labute approximate surface area is 191 Å². The third-order valence-electron chi connectivity index (χ3n) is 5.60. The Morgan fingerprint density at radius 1 is 1.24 bits per heavy atom. The number of nitrogens with zero attached hydrogens (tertiary/aromatic N) is 4. The van der Waals surface area contributed by atoms with E-state index >= 15 is 0 Å². The van der Waals surface area contributed by atoms with Crippen LogP contribution in [-0.2, 0) is 18.3 Å². The first kappa shape index (κ1) is 22.6. The molecule has 0 aliphatic carbocycles. The van der Waals surface area contributed by atoms with Crippen LogP contribution < -0.4 is 21.5 Å². The lowest BCUT2D eigenvalue weighted by atomic mass is 10.1. The zero-order valence-corrected chi connectivity index (χ0v) is 19.4. The number of alkyl carbamates (subject to hydrolysis) is 1. The molecule has 0 bridgehead atoms. The Kier molecular flexibility index (Phi) is 6.01. The van der Waals surface area contributed by atoms with Crippen molar-refractivity contribution in [1.82, 2.24) is 24.4 Å². The maximum Gasteiger partial charge on any atom is 0.407 e. The lowest BCUT2D eigenvalue weighted by molar-refractivity contribution is 0.0500. The van der Waals surface area contributed by atoms with Gasteiger partial charge < -0.3 is 15.0 Å². The van der Waals surface area contributed by atoms with Gasteiger partial charge in [0.05, 0.1) is 6.54 Å². The number of benzene rings is 1. The number of rotatable bonds is 4. The van der Waals surface area contributed by atoms with E-state index in [4.69, 9.17) is 9.72 Å². The highest BCUT2D eigenvalue weighted by molar-refractivity contribution is 5.75. The summed E-state index contributed by atoms with van der Waals surface area (Å²) in [4.78, 5) is 46.4. The van der Waals surface area contributed by atoms with Gasteiger partial charge in [-0.2, -0.15) is 4.98 Å². The number of fused-ring (bicyclic) bond motifs is 1. The Hall–Kier alpha value is -3.56. The predicted molar refractivity (Wildman–Crippen MR) is 126 cm³/mol. The molecule has 33 heavy (non-hydrogen) atoms. The number of hydrogen-bond donors (Lipinski definition) is 2. The number of H-pyrrole nitrogens is 1. The maximum atomic E-state index is 12.8. The zero-order valence-electron chi connectivity index (χ0n) is 19.4. The fourth-order valence-electron chi connectivity index (χ4n) is 4.13. The average Bonchev–Trinajstić information content (AvgIpc) is 3.11. The molecule has 176 valence electrons. The summed E-state index contributed by atoms with van der Waals surface area (Å²) in [7, 11) is 1.59. The van der Waals surface area contributed by atoms with Gasteiger partial charge in [0.15, 0.2) is 11.2 Å². The fraction of sp³-hybridized carbons (Fsp3) is 0.478. The van der Waals surface area contributed by atoms with Gasteiger partial charge in [0.1, 0.15) is 5.60 Å². The molecule has 2 N–H and O–H groups in total. The van der Waals surface area contributed by atoms with Gasteiger partial charge in [-0.15, -0.1) is 0 Å². The third kappa shape index (κ3) is 4.94. The first-order valence-electron chi connectivity index (χ1n) is 11.1.